The molecule has 0 aliphatic rings. The third-order valence-corrected chi connectivity index (χ3v) is 1.32. The molecule has 0 fully saturated rings. The summed E-state index contributed by atoms with van der Waals surface area (Å²) < 4.78 is 0. The zero-order chi connectivity index (χ0) is 7.40. The number of hydrogen-bond acceptors (Lipinski definition) is 1. The minimum atomic E-state index is 0. The minimum absolute atomic E-state index is 0. The molecular formula is C9H11KO. The van der Waals surface area contributed by atoms with Crippen molar-refractivity contribution in [2.45, 2.75) is 6.42 Å². The molecule has 0 amide bonds. The van der Waals surface area contributed by atoms with Gasteiger partial charge in [-0.15, -0.1) is 6.58 Å². The summed E-state index contributed by atoms with van der Waals surface area (Å²) in [5.74, 6) is 0.313. The van der Waals surface area contributed by atoms with Crippen molar-refractivity contribution in [3.8, 4) is 5.75 Å². The monoisotopic (exact) mass is 174 g/mol. The van der Waals surface area contributed by atoms with Crippen LogP contribution in [0.3, 0.4) is 0 Å². The third kappa shape index (κ3) is 4.08. The Bertz CT molecular complexity index is 216. The molecule has 1 rings (SSSR count). The van der Waals surface area contributed by atoms with Crippen molar-refractivity contribution < 1.29 is 5.11 Å². The van der Waals surface area contributed by atoms with Crippen LogP contribution in [0.1, 0.15) is 5.56 Å². The van der Waals surface area contributed by atoms with E-state index in [9.17, 15) is 0 Å². The zero-order valence-electron chi connectivity index (χ0n) is 5.75. The van der Waals surface area contributed by atoms with Gasteiger partial charge in [0, 0.05) is 0 Å². The van der Waals surface area contributed by atoms with E-state index in [2.05, 4.69) is 6.58 Å². The molecule has 0 aromatic heterocycles. The summed E-state index contributed by atoms with van der Waals surface area (Å²) in [6.07, 6.45) is 2.70. The predicted molar refractivity (Wildman–Crippen MR) is 49.2 cm³/mol. The fraction of sp³-hybridized carbons (Fsp3) is 0.111. The Labute approximate surface area is 110 Å². The summed E-state index contributed by atoms with van der Waals surface area (Å²) >= 11 is 0. The molecule has 0 unspecified atom stereocenters. The average molecular weight is 174 g/mol. The van der Waals surface area contributed by atoms with Crippen molar-refractivity contribution in [2.75, 3.05) is 0 Å². The van der Waals surface area contributed by atoms with Crippen LogP contribution in [-0.4, -0.2) is 56.5 Å². The summed E-state index contributed by atoms with van der Waals surface area (Å²) in [5, 5.41) is 8.90. The molecule has 1 aromatic rings. The first-order valence-electron chi connectivity index (χ1n) is 3.22. The Morgan fingerprint density at radius 2 is 1.82 bits per heavy atom. The number of rotatable bonds is 2. The second-order valence-electron chi connectivity index (χ2n) is 2.16. The van der Waals surface area contributed by atoms with Gasteiger partial charge in [-0.25, -0.2) is 0 Å². The van der Waals surface area contributed by atoms with Crippen molar-refractivity contribution in [2.24, 2.45) is 0 Å². The molecule has 0 radical (unpaired) electrons. The van der Waals surface area contributed by atoms with Gasteiger partial charge in [0.05, 0.1) is 0 Å². The first kappa shape index (κ1) is 11.4. The molecule has 2 heteroatoms. The summed E-state index contributed by atoms with van der Waals surface area (Å²) in [7, 11) is 0. The van der Waals surface area contributed by atoms with Crippen LogP contribution in [0.5, 0.6) is 5.75 Å². The molecular weight excluding hydrogens is 163 g/mol. The fourth-order valence-corrected chi connectivity index (χ4v) is 0.799. The molecule has 54 valence electrons. The van der Waals surface area contributed by atoms with Crippen LogP contribution in [-0.2, 0) is 6.42 Å². The molecule has 11 heavy (non-hydrogen) atoms. The molecule has 0 saturated heterocycles. The zero-order valence-corrected chi connectivity index (χ0v) is 5.75. The second kappa shape index (κ2) is 5.97. The van der Waals surface area contributed by atoms with E-state index in [0.717, 1.165) is 6.42 Å². The van der Waals surface area contributed by atoms with Gasteiger partial charge in [-0.05, 0) is 24.1 Å². The van der Waals surface area contributed by atoms with E-state index < -0.39 is 0 Å². The second-order valence-corrected chi connectivity index (χ2v) is 2.16. The maximum atomic E-state index is 8.90. The van der Waals surface area contributed by atoms with E-state index in [1.165, 1.54) is 5.56 Å². The Balaban J connectivity index is 0.000001000. The fourth-order valence-electron chi connectivity index (χ4n) is 0.799. The maximum absolute atomic E-state index is 8.90. The van der Waals surface area contributed by atoms with E-state index >= 15 is 0 Å². The molecule has 0 aliphatic heterocycles. The number of hydrogen-bond donors (Lipinski definition) is 1. The Kier molecular flexibility index (Phi) is 6.19. The molecule has 1 nitrogen and oxygen atoms in total. The van der Waals surface area contributed by atoms with Gasteiger partial charge in [0.15, 0.2) is 0 Å². The topological polar surface area (TPSA) is 20.2 Å². The quantitative estimate of drug-likeness (QED) is 0.532. The first-order valence-corrected chi connectivity index (χ1v) is 3.22. The molecule has 0 spiro atoms. The van der Waals surface area contributed by atoms with Gasteiger partial charge in [0.2, 0.25) is 0 Å². The summed E-state index contributed by atoms with van der Waals surface area (Å²) in [6.45, 7) is 3.62. The average Bonchev–Trinajstić information content (AvgIpc) is 1.95. The number of aromatic hydroxyl groups is 1. The number of phenolic OH excluding ortho intramolecular Hbond substituents is 1. The Morgan fingerprint density at radius 3 is 2.27 bits per heavy atom. The van der Waals surface area contributed by atoms with Gasteiger partial charge in [0.25, 0.3) is 0 Å². The predicted octanol–water partition coefficient (Wildman–Crippen LogP) is 1.47. The first-order chi connectivity index (χ1) is 4.83. The molecule has 0 heterocycles. The van der Waals surface area contributed by atoms with Gasteiger partial charge >= 0.3 is 51.4 Å². The van der Waals surface area contributed by atoms with Crippen molar-refractivity contribution in [3.63, 3.8) is 0 Å². The van der Waals surface area contributed by atoms with E-state index in [4.69, 9.17) is 5.11 Å². The number of benzene rings is 1. The van der Waals surface area contributed by atoms with Crippen molar-refractivity contribution in [1.29, 1.82) is 0 Å². The van der Waals surface area contributed by atoms with Crippen LogP contribution in [0.15, 0.2) is 36.9 Å². The molecule has 0 bridgehead atoms. The number of phenols is 1. The van der Waals surface area contributed by atoms with Crippen LogP contribution >= 0.6 is 0 Å². The molecule has 0 atom stereocenters. The Morgan fingerprint density at radius 1 is 1.27 bits per heavy atom. The van der Waals surface area contributed by atoms with Crippen LogP contribution in [0.25, 0.3) is 0 Å². The normalized spacial score (nSPS) is 8.36. The van der Waals surface area contributed by atoms with Crippen LogP contribution < -0.4 is 0 Å². The SMILES string of the molecule is C=CCc1ccc(O)cc1.[KH]. The third-order valence-electron chi connectivity index (χ3n) is 1.32. The van der Waals surface area contributed by atoms with E-state index in [1.54, 1.807) is 12.1 Å². The van der Waals surface area contributed by atoms with Crippen molar-refractivity contribution in [3.05, 3.63) is 42.5 Å². The molecule has 1 N–H and O–H groups in total. The van der Waals surface area contributed by atoms with Gasteiger partial charge < -0.3 is 5.11 Å². The summed E-state index contributed by atoms with van der Waals surface area (Å²) in [4.78, 5) is 0. The van der Waals surface area contributed by atoms with E-state index in [1.807, 2.05) is 18.2 Å². The number of allylic oxidation sites excluding steroid dienone is 1. The van der Waals surface area contributed by atoms with Crippen LogP contribution in [0.2, 0.25) is 0 Å². The van der Waals surface area contributed by atoms with Crippen LogP contribution in [0.4, 0.5) is 0 Å². The van der Waals surface area contributed by atoms with Gasteiger partial charge in [-0.1, -0.05) is 18.2 Å². The van der Waals surface area contributed by atoms with Crippen molar-refractivity contribution in [1.82, 2.24) is 0 Å². The molecule has 1 aromatic carbocycles. The summed E-state index contributed by atoms with van der Waals surface area (Å²) in [5.41, 5.74) is 1.17. The Hall–Kier alpha value is 0.396. The van der Waals surface area contributed by atoms with Gasteiger partial charge in [-0.2, -0.15) is 0 Å². The van der Waals surface area contributed by atoms with Gasteiger partial charge in [0.1, 0.15) is 5.75 Å². The van der Waals surface area contributed by atoms with E-state index in [-0.39, 0.29) is 51.4 Å². The van der Waals surface area contributed by atoms with E-state index in [0.29, 0.717) is 5.75 Å². The molecule has 0 aliphatic carbocycles. The standard InChI is InChI=1S/C9H10O.K.H/c1-2-3-8-4-6-9(10)7-5-8;;/h2,4-7,10H,1,3H2;;. The van der Waals surface area contributed by atoms with Gasteiger partial charge in [-0.3, -0.25) is 0 Å². The molecule has 0 saturated carbocycles. The van der Waals surface area contributed by atoms with Crippen molar-refractivity contribution >= 4 is 51.4 Å². The summed E-state index contributed by atoms with van der Waals surface area (Å²) in [6, 6.07) is 7.13. The van der Waals surface area contributed by atoms with Crippen LogP contribution in [0, 0.1) is 0 Å².